The summed E-state index contributed by atoms with van der Waals surface area (Å²) in [6, 6.07) is 13.3. The molecule has 0 radical (unpaired) electrons. The highest BCUT2D eigenvalue weighted by Crippen LogP contribution is 2.34. The van der Waals surface area contributed by atoms with Gasteiger partial charge in [0.1, 0.15) is 18.5 Å². The first-order valence-electron chi connectivity index (χ1n) is 8.68. The maximum Gasteiger partial charge on any atom is 0.165 e. The van der Waals surface area contributed by atoms with Crippen LogP contribution in [0, 0.1) is 0 Å². The maximum absolute atomic E-state index is 9.53. The number of aromatic nitrogens is 1. The molecule has 0 amide bonds. The Kier molecular flexibility index (Phi) is 4.48. The molecule has 2 heterocycles. The lowest BCUT2D eigenvalue weighted by Crippen LogP contribution is -2.38. The fourth-order valence-electron chi connectivity index (χ4n) is 3.21. The number of phenolic OH excluding ortho intramolecular Hbond substituents is 1. The quantitative estimate of drug-likeness (QED) is 0.604. The van der Waals surface area contributed by atoms with E-state index in [1.807, 2.05) is 6.07 Å². The van der Waals surface area contributed by atoms with Gasteiger partial charge in [-0.1, -0.05) is 18.2 Å². The smallest absolute Gasteiger partial charge is 0.165 e. The van der Waals surface area contributed by atoms with Crippen molar-refractivity contribution >= 4 is 10.9 Å². The van der Waals surface area contributed by atoms with Gasteiger partial charge in [-0.3, -0.25) is 0 Å². The van der Waals surface area contributed by atoms with Crippen molar-refractivity contribution in [3.05, 3.63) is 54.2 Å². The molecule has 1 aromatic heterocycles. The third-order valence-corrected chi connectivity index (χ3v) is 4.49. The number of aromatic amines is 1. The summed E-state index contributed by atoms with van der Waals surface area (Å²) in [5.74, 6) is 1.49. The summed E-state index contributed by atoms with van der Waals surface area (Å²) in [4.78, 5) is 3.32. The van der Waals surface area contributed by atoms with E-state index in [1.165, 1.54) is 16.5 Å². The molecule has 4 rings (SSSR count). The van der Waals surface area contributed by atoms with E-state index < -0.39 is 0 Å². The van der Waals surface area contributed by atoms with E-state index in [9.17, 15) is 5.11 Å². The molecule has 0 aliphatic carbocycles. The third kappa shape index (κ3) is 3.56. The third-order valence-electron chi connectivity index (χ3n) is 4.49. The Morgan fingerprint density at radius 3 is 3.04 bits per heavy atom. The zero-order valence-electron chi connectivity index (χ0n) is 14.0. The van der Waals surface area contributed by atoms with Gasteiger partial charge in [0.15, 0.2) is 11.5 Å². The van der Waals surface area contributed by atoms with Gasteiger partial charge >= 0.3 is 0 Å². The van der Waals surface area contributed by atoms with Crippen LogP contribution in [0.25, 0.3) is 10.9 Å². The first kappa shape index (κ1) is 15.8. The second-order valence-electron chi connectivity index (χ2n) is 6.35. The average molecular weight is 338 g/mol. The van der Waals surface area contributed by atoms with Crippen LogP contribution in [0.5, 0.6) is 17.2 Å². The van der Waals surface area contributed by atoms with Crippen LogP contribution >= 0.6 is 0 Å². The molecule has 0 spiro atoms. The molecule has 130 valence electrons. The first-order valence-corrected chi connectivity index (χ1v) is 8.68. The van der Waals surface area contributed by atoms with E-state index >= 15 is 0 Å². The minimum atomic E-state index is -0.0395. The zero-order valence-corrected chi connectivity index (χ0v) is 14.0. The van der Waals surface area contributed by atoms with Gasteiger partial charge in [0.2, 0.25) is 0 Å². The van der Waals surface area contributed by atoms with Crippen molar-refractivity contribution in [2.45, 2.75) is 18.9 Å². The summed E-state index contributed by atoms with van der Waals surface area (Å²) < 4.78 is 11.5. The standard InChI is InChI=1S/C20H22N2O3/c23-15-7-8-19-20(10-15)25-16(13-24-19)12-21-9-3-4-14-11-22-18-6-2-1-5-17(14)18/h1-2,5-8,10-11,16,21-23H,3-4,9,12-13H2. The van der Waals surface area contributed by atoms with Crippen LogP contribution in [-0.2, 0) is 6.42 Å². The molecule has 2 aromatic carbocycles. The van der Waals surface area contributed by atoms with Gasteiger partial charge in [-0.25, -0.2) is 0 Å². The SMILES string of the molecule is Oc1ccc2c(c1)OC(CNCCCc1c[nH]c3ccccc13)CO2. The number of aromatic hydroxyl groups is 1. The molecule has 3 N–H and O–H groups in total. The molecule has 0 saturated heterocycles. The molecule has 1 atom stereocenters. The van der Waals surface area contributed by atoms with Gasteiger partial charge < -0.3 is 24.9 Å². The molecule has 5 heteroatoms. The predicted octanol–water partition coefficient (Wildman–Crippen LogP) is 3.24. The second-order valence-corrected chi connectivity index (χ2v) is 6.35. The van der Waals surface area contributed by atoms with Crippen LogP contribution in [0.15, 0.2) is 48.7 Å². The molecular formula is C20H22N2O3. The topological polar surface area (TPSA) is 66.5 Å². The predicted molar refractivity (Wildman–Crippen MR) is 97.5 cm³/mol. The largest absolute Gasteiger partial charge is 0.508 e. The summed E-state index contributed by atoms with van der Waals surface area (Å²) in [6.07, 6.45) is 4.16. The number of phenols is 1. The molecule has 1 aliphatic rings. The van der Waals surface area contributed by atoms with Crippen LogP contribution in [0.1, 0.15) is 12.0 Å². The molecule has 0 saturated carbocycles. The Morgan fingerprint density at radius 1 is 1.16 bits per heavy atom. The Bertz CT molecular complexity index is 859. The molecule has 3 aromatic rings. The van der Waals surface area contributed by atoms with Crippen LogP contribution in [0.4, 0.5) is 0 Å². The van der Waals surface area contributed by atoms with Gasteiger partial charge in [0.05, 0.1) is 0 Å². The summed E-state index contributed by atoms with van der Waals surface area (Å²) in [6.45, 7) is 2.17. The number of hydrogen-bond donors (Lipinski definition) is 3. The lowest BCUT2D eigenvalue weighted by molar-refractivity contribution is 0.0901. The Labute approximate surface area is 146 Å². The van der Waals surface area contributed by atoms with E-state index in [0.29, 0.717) is 18.1 Å². The first-order chi connectivity index (χ1) is 12.3. The number of rotatable bonds is 6. The van der Waals surface area contributed by atoms with Crippen LogP contribution in [0.3, 0.4) is 0 Å². The van der Waals surface area contributed by atoms with Crippen molar-refractivity contribution in [3.63, 3.8) is 0 Å². The van der Waals surface area contributed by atoms with Gasteiger partial charge in [-0.05, 0) is 43.1 Å². The summed E-state index contributed by atoms with van der Waals surface area (Å²) >= 11 is 0. The van der Waals surface area contributed by atoms with E-state index in [2.05, 4.69) is 34.7 Å². The van der Waals surface area contributed by atoms with Crippen LogP contribution in [0.2, 0.25) is 0 Å². The lowest BCUT2D eigenvalue weighted by atomic mass is 10.1. The molecule has 25 heavy (non-hydrogen) atoms. The molecule has 1 aliphatic heterocycles. The molecule has 0 fully saturated rings. The highest BCUT2D eigenvalue weighted by Gasteiger charge is 2.20. The number of para-hydroxylation sites is 1. The maximum atomic E-state index is 9.53. The molecule has 5 nitrogen and oxygen atoms in total. The number of ether oxygens (including phenoxy) is 2. The van der Waals surface area contributed by atoms with Gasteiger partial charge in [-0.15, -0.1) is 0 Å². The van der Waals surface area contributed by atoms with Crippen LogP contribution < -0.4 is 14.8 Å². The monoisotopic (exact) mass is 338 g/mol. The number of hydrogen-bond acceptors (Lipinski definition) is 4. The van der Waals surface area contributed by atoms with Crippen molar-refractivity contribution in [1.29, 1.82) is 0 Å². The fraction of sp³-hybridized carbons (Fsp3) is 0.300. The highest BCUT2D eigenvalue weighted by atomic mass is 16.6. The summed E-state index contributed by atoms with van der Waals surface area (Å²) in [7, 11) is 0. The number of aryl methyl sites for hydroxylation is 1. The van der Waals surface area contributed by atoms with Gasteiger partial charge in [-0.2, -0.15) is 0 Å². The van der Waals surface area contributed by atoms with E-state index in [1.54, 1.807) is 18.2 Å². The summed E-state index contributed by atoms with van der Waals surface area (Å²) in [5.41, 5.74) is 2.55. The second kappa shape index (κ2) is 7.07. The number of fused-ring (bicyclic) bond motifs is 2. The van der Waals surface area contributed by atoms with Crippen molar-refractivity contribution in [2.75, 3.05) is 19.7 Å². The van der Waals surface area contributed by atoms with Gasteiger partial charge in [0, 0.05) is 29.7 Å². The zero-order chi connectivity index (χ0) is 17.1. The normalized spacial score (nSPS) is 16.2. The molecular weight excluding hydrogens is 316 g/mol. The summed E-state index contributed by atoms with van der Waals surface area (Å²) in [5, 5.41) is 14.3. The molecule has 1 unspecified atom stereocenters. The Balaban J connectivity index is 1.22. The average Bonchev–Trinajstić information content (AvgIpc) is 3.04. The van der Waals surface area contributed by atoms with Crippen molar-refractivity contribution in [2.24, 2.45) is 0 Å². The highest BCUT2D eigenvalue weighted by molar-refractivity contribution is 5.82. The number of benzene rings is 2. The fourth-order valence-corrected chi connectivity index (χ4v) is 3.21. The van der Waals surface area contributed by atoms with Gasteiger partial charge in [0.25, 0.3) is 0 Å². The van der Waals surface area contributed by atoms with Crippen LogP contribution in [-0.4, -0.2) is 35.9 Å². The minimum Gasteiger partial charge on any atom is -0.508 e. The van der Waals surface area contributed by atoms with Crippen molar-refractivity contribution in [1.82, 2.24) is 10.3 Å². The van der Waals surface area contributed by atoms with Crippen molar-refractivity contribution in [3.8, 4) is 17.2 Å². The van der Waals surface area contributed by atoms with E-state index in [-0.39, 0.29) is 11.9 Å². The van der Waals surface area contributed by atoms with E-state index in [4.69, 9.17) is 9.47 Å². The minimum absolute atomic E-state index is 0.0395. The van der Waals surface area contributed by atoms with Crippen molar-refractivity contribution < 1.29 is 14.6 Å². The number of H-pyrrole nitrogens is 1. The lowest BCUT2D eigenvalue weighted by Gasteiger charge is -2.26. The Morgan fingerprint density at radius 2 is 2.08 bits per heavy atom. The van der Waals surface area contributed by atoms with E-state index in [0.717, 1.165) is 25.9 Å². The molecule has 0 bridgehead atoms. The Hall–Kier alpha value is -2.66. The number of nitrogens with one attached hydrogen (secondary N) is 2.